The van der Waals surface area contributed by atoms with Gasteiger partial charge in [0.05, 0.1) is 0 Å². The van der Waals surface area contributed by atoms with Gasteiger partial charge in [-0.1, -0.05) is 38.2 Å². The molecular formula is C13H26N2O. The molecule has 0 rings (SSSR count). The minimum absolute atomic E-state index is 0.0433. The molecule has 0 heterocycles. The highest BCUT2D eigenvalue weighted by atomic mass is 16.1. The Hall–Kier alpha value is -0.830. The third kappa shape index (κ3) is 11.2. The van der Waals surface area contributed by atoms with Gasteiger partial charge < -0.3 is 11.5 Å². The highest BCUT2D eigenvalue weighted by Gasteiger charge is 2.05. The van der Waals surface area contributed by atoms with Crippen molar-refractivity contribution < 1.29 is 4.79 Å². The summed E-state index contributed by atoms with van der Waals surface area (Å²) < 4.78 is 0. The van der Waals surface area contributed by atoms with E-state index in [1.165, 1.54) is 32.1 Å². The minimum atomic E-state index is -0.295. The first-order valence-corrected chi connectivity index (χ1v) is 6.31. The molecule has 0 spiro atoms. The van der Waals surface area contributed by atoms with Crippen LogP contribution in [-0.2, 0) is 4.79 Å². The van der Waals surface area contributed by atoms with E-state index in [2.05, 4.69) is 6.58 Å². The number of carbonyl (C=O) groups excluding carboxylic acids is 1. The lowest BCUT2D eigenvalue weighted by molar-refractivity contribution is -0.118. The maximum Gasteiger partial charge on any atom is 0.218 e. The first-order valence-electron chi connectivity index (χ1n) is 6.31. The Kier molecular flexibility index (Phi) is 10.1. The van der Waals surface area contributed by atoms with Crippen LogP contribution in [0.2, 0.25) is 0 Å². The number of hydrogen-bond acceptors (Lipinski definition) is 2. The van der Waals surface area contributed by atoms with Gasteiger partial charge in [-0.2, -0.15) is 0 Å². The second kappa shape index (κ2) is 10.7. The third-order valence-corrected chi connectivity index (χ3v) is 2.70. The summed E-state index contributed by atoms with van der Waals surface area (Å²) in [5.41, 5.74) is 10.8. The van der Waals surface area contributed by atoms with Gasteiger partial charge in [0.1, 0.15) is 0 Å². The maximum absolute atomic E-state index is 10.6. The van der Waals surface area contributed by atoms with Crippen LogP contribution in [0.1, 0.15) is 57.8 Å². The topological polar surface area (TPSA) is 69.1 Å². The van der Waals surface area contributed by atoms with Crippen molar-refractivity contribution in [2.75, 3.05) is 0 Å². The van der Waals surface area contributed by atoms with E-state index in [9.17, 15) is 4.79 Å². The van der Waals surface area contributed by atoms with Gasteiger partial charge in [-0.3, -0.25) is 4.79 Å². The average molecular weight is 226 g/mol. The zero-order valence-electron chi connectivity index (χ0n) is 10.3. The molecular weight excluding hydrogens is 200 g/mol. The summed E-state index contributed by atoms with van der Waals surface area (Å²) in [6.45, 7) is 3.70. The standard InChI is InChI=1S/C13H26N2O/c1-2-3-4-5-6-7-8-9-10-12(14)11-13(15)16/h2,12H,1,3-11,14H2,(H2,15,16). The Balaban J connectivity index is 3.14. The first-order chi connectivity index (χ1) is 7.66. The largest absolute Gasteiger partial charge is 0.370 e. The van der Waals surface area contributed by atoms with E-state index in [4.69, 9.17) is 11.5 Å². The van der Waals surface area contributed by atoms with E-state index in [-0.39, 0.29) is 11.9 Å². The number of carbonyl (C=O) groups is 1. The van der Waals surface area contributed by atoms with Crippen LogP contribution in [0.3, 0.4) is 0 Å². The quantitative estimate of drug-likeness (QED) is 0.420. The van der Waals surface area contributed by atoms with Gasteiger partial charge >= 0.3 is 0 Å². The molecule has 0 saturated heterocycles. The van der Waals surface area contributed by atoms with Gasteiger partial charge in [-0.15, -0.1) is 6.58 Å². The molecule has 0 aromatic heterocycles. The summed E-state index contributed by atoms with van der Waals surface area (Å²) in [6.07, 6.45) is 11.8. The second-order valence-corrected chi connectivity index (χ2v) is 4.42. The Bertz CT molecular complexity index is 192. The van der Waals surface area contributed by atoms with Gasteiger partial charge in [-0.05, 0) is 19.3 Å². The van der Waals surface area contributed by atoms with E-state index in [1.807, 2.05) is 6.08 Å². The maximum atomic E-state index is 10.6. The van der Waals surface area contributed by atoms with E-state index in [1.54, 1.807) is 0 Å². The van der Waals surface area contributed by atoms with Crippen LogP contribution in [0.15, 0.2) is 12.7 Å². The molecule has 0 aliphatic rings. The van der Waals surface area contributed by atoms with Crippen molar-refractivity contribution >= 4 is 5.91 Å². The summed E-state index contributed by atoms with van der Waals surface area (Å²) in [4.78, 5) is 10.6. The van der Waals surface area contributed by atoms with Gasteiger partial charge in [-0.25, -0.2) is 0 Å². The molecule has 0 aliphatic heterocycles. The molecule has 0 fully saturated rings. The predicted octanol–water partition coefficient (Wildman–Crippen LogP) is 2.50. The van der Waals surface area contributed by atoms with E-state index >= 15 is 0 Å². The number of allylic oxidation sites excluding steroid dienone is 1. The Morgan fingerprint density at radius 1 is 1.12 bits per heavy atom. The molecule has 0 aliphatic carbocycles. The van der Waals surface area contributed by atoms with Gasteiger partial charge in [0.2, 0.25) is 5.91 Å². The van der Waals surface area contributed by atoms with Crippen LogP contribution in [0, 0.1) is 0 Å². The molecule has 1 atom stereocenters. The van der Waals surface area contributed by atoms with E-state index < -0.39 is 0 Å². The molecule has 0 radical (unpaired) electrons. The molecule has 16 heavy (non-hydrogen) atoms. The van der Waals surface area contributed by atoms with Crippen molar-refractivity contribution in [2.24, 2.45) is 11.5 Å². The van der Waals surface area contributed by atoms with Gasteiger partial charge in [0.25, 0.3) is 0 Å². The number of unbranched alkanes of at least 4 members (excludes halogenated alkanes) is 6. The fraction of sp³-hybridized carbons (Fsp3) is 0.769. The molecule has 4 N–H and O–H groups in total. The monoisotopic (exact) mass is 226 g/mol. The fourth-order valence-electron chi connectivity index (χ4n) is 1.76. The van der Waals surface area contributed by atoms with E-state index in [0.29, 0.717) is 6.42 Å². The first kappa shape index (κ1) is 15.2. The minimum Gasteiger partial charge on any atom is -0.370 e. The molecule has 3 heteroatoms. The second-order valence-electron chi connectivity index (χ2n) is 4.42. The molecule has 0 aromatic carbocycles. The Morgan fingerprint density at radius 2 is 1.69 bits per heavy atom. The zero-order chi connectivity index (χ0) is 12.2. The molecule has 94 valence electrons. The molecule has 0 aromatic rings. The summed E-state index contributed by atoms with van der Waals surface area (Å²) in [7, 11) is 0. The lowest BCUT2D eigenvalue weighted by Gasteiger charge is -2.08. The fourth-order valence-corrected chi connectivity index (χ4v) is 1.76. The van der Waals surface area contributed by atoms with Crippen molar-refractivity contribution in [3.8, 4) is 0 Å². The molecule has 0 bridgehead atoms. The SMILES string of the molecule is C=CCCCCCCCCC(N)CC(N)=O. The van der Waals surface area contributed by atoms with Crippen LogP contribution in [0.25, 0.3) is 0 Å². The zero-order valence-corrected chi connectivity index (χ0v) is 10.3. The smallest absolute Gasteiger partial charge is 0.218 e. The van der Waals surface area contributed by atoms with Crippen LogP contribution in [-0.4, -0.2) is 11.9 Å². The van der Waals surface area contributed by atoms with Crippen molar-refractivity contribution in [1.82, 2.24) is 0 Å². The highest BCUT2D eigenvalue weighted by molar-refractivity contribution is 5.74. The molecule has 3 nitrogen and oxygen atoms in total. The van der Waals surface area contributed by atoms with Crippen molar-refractivity contribution in [2.45, 2.75) is 63.8 Å². The van der Waals surface area contributed by atoms with E-state index in [0.717, 1.165) is 19.3 Å². The molecule has 1 amide bonds. The van der Waals surface area contributed by atoms with Gasteiger partial charge in [0.15, 0.2) is 0 Å². The van der Waals surface area contributed by atoms with Crippen LogP contribution in [0.4, 0.5) is 0 Å². The lowest BCUT2D eigenvalue weighted by Crippen LogP contribution is -2.27. The summed E-state index contributed by atoms with van der Waals surface area (Å²) in [6, 6.07) is -0.0433. The summed E-state index contributed by atoms with van der Waals surface area (Å²) in [5.74, 6) is -0.295. The Labute approximate surface area is 99.3 Å². The molecule has 1 unspecified atom stereocenters. The van der Waals surface area contributed by atoms with Crippen LogP contribution >= 0.6 is 0 Å². The predicted molar refractivity (Wildman–Crippen MR) is 68.9 cm³/mol. The van der Waals surface area contributed by atoms with Crippen molar-refractivity contribution in [3.05, 3.63) is 12.7 Å². The normalized spacial score (nSPS) is 12.3. The number of amides is 1. The van der Waals surface area contributed by atoms with Crippen LogP contribution in [0.5, 0.6) is 0 Å². The number of primary amides is 1. The molecule has 0 saturated carbocycles. The number of hydrogen-bond donors (Lipinski definition) is 2. The van der Waals surface area contributed by atoms with Gasteiger partial charge in [0, 0.05) is 12.5 Å². The Morgan fingerprint density at radius 3 is 2.25 bits per heavy atom. The summed E-state index contributed by atoms with van der Waals surface area (Å²) >= 11 is 0. The lowest BCUT2D eigenvalue weighted by atomic mass is 10.0. The summed E-state index contributed by atoms with van der Waals surface area (Å²) in [5, 5.41) is 0. The van der Waals surface area contributed by atoms with Crippen LogP contribution < -0.4 is 11.5 Å². The third-order valence-electron chi connectivity index (χ3n) is 2.70. The highest BCUT2D eigenvalue weighted by Crippen LogP contribution is 2.10. The number of rotatable bonds is 11. The number of nitrogens with two attached hydrogens (primary N) is 2. The average Bonchev–Trinajstić information content (AvgIpc) is 2.21. The van der Waals surface area contributed by atoms with Crippen molar-refractivity contribution in [1.29, 1.82) is 0 Å². The van der Waals surface area contributed by atoms with Crippen molar-refractivity contribution in [3.63, 3.8) is 0 Å².